The second kappa shape index (κ2) is 15.3. The highest BCUT2D eigenvalue weighted by atomic mass is 19.1. The van der Waals surface area contributed by atoms with E-state index in [1.165, 1.54) is 0 Å². The van der Waals surface area contributed by atoms with Crippen LogP contribution in [0.4, 0.5) is 26.4 Å². The maximum Gasteiger partial charge on any atom is 0.410 e. The molecule has 0 radical (unpaired) electrons. The molecule has 4 aliphatic rings. The number of hydrogen-bond donors (Lipinski definition) is 2. The molecule has 4 aromatic rings. The molecule has 13 heteroatoms. The molecule has 2 aromatic carbocycles. The lowest BCUT2D eigenvalue weighted by molar-refractivity contribution is -0.126. The highest BCUT2D eigenvalue weighted by Crippen LogP contribution is 2.52. The number of aromatic nitrogens is 3. The Kier molecular flexibility index (Phi) is 10.5. The molecule has 3 aliphatic heterocycles. The van der Waals surface area contributed by atoms with E-state index >= 15 is 0 Å². The van der Waals surface area contributed by atoms with E-state index < -0.39 is 17.2 Å². The molecule has 12 nitrogen and oxygen atoms in total. The minimum Gasteiger partial charge on any atom is -0.444 e. The fraction of sp³-hybridized carbons (Fsp3) is 0.533. The zero-order valence-corrected chi connectivity index (χ0v) is 34.9. The van der Waals surface area contributed by atoms with E-state index in [9.17, 15) is 18.8 Å². The highest BCUT2D eigenvalue weighted by Gasteiger charge is 2.56. The summed E-state index contributed by atoms with van der Waals surface area (Å²) in [4.78, 5) is 56.9. The number of hydrogen-bond acceptors (Lipinski definition) is 8. The number of pyridine rings is 1. The molecule has 0 bridgehead atoms. The predicted molar refractivity (Wildman–Crippen MR) is 225 cm³/mol. The maximum absolute atomic E-state index is 15.0. The van der Waals surface area contributed by atoms with Crippen molar-refractivity contribution < 1.29 is 23.5 Å². The summed E-state index contributed by atoms with van der Waals surface area (Å²) in [5, 5.41) is 6.27. The van der Waals surface area contributed by atoms with Crippen LogP contribution in [0.15, 0.2) is 48.8 Å². The summed E-state index contributed by atoms with van der Waals surface area (Å²) >= 11 is 0. The molecule has 3 fully saturated rings. The molecule has 8 rings (SSSR count). The maximum atomic E-state index is 15.0. The topological polar surface area (TPSA) is 125 Å². The average Bonchev–Trinajstić information content (AvgIpc) is 3.71. The minimum atomic E-state index is -0.798. The molecule has 5 heterocycles. The first kappa shape index (κ1) is 39.8. The van der Waals surface area contributed by atoms with Gasteiger partial charge in [0.05, 0.1) is 23.0 Å². The number of benzene rings is 2. The van der Waals surface area contributed by atoms with E-state index in [0.717, 1.165) is 71.3 Å². The van der Waals surface area contributed by atoms with Crippen molar-refractivity contribution >= 4 is 46.1 Å². The van der Waals surface area contributed by atoms with Gasteiger partial charge in [0.25, 0.3) is 5.91 Å². The smallest absolute Gasteiger partial charge is 0.410 e. The Morgan fingerprint density at radius 3 is 2.50 bits per heavy atom. The van der Waals surface area contributed by atoms with Gasteiger partial charge in [-0.15, -0.1) is 0 Å². The number of aryl methyl sites for hydroxylation is 1. The summed E-state index contributed by atoms with van der Waals surface area (Å²) in [6, 6.07) is 14.4. The van der Waals surface area contributed by atoms with E-state index in [0.29, 0.717) is 56.0 Å². The lowest BCUT2D eigenvalue weighted by Crippen LogP contribution is -2.59. The van der Waals surface area contributed by atoms with Crippen LogP contribution in [0.3, 0.4) is 0 Å². The number of ether oxygens (including phenoxy) is 1. The van der Waals surface area contributed by atoms with Crippen molar-refractivity contribution in [2.45, 2.75) is 122 Å². The number of nitrogens with one attached hydrogen (secondary N) is 2. The fourth-order valence-corrected chi connectivity index (χ4v) is 9.39. The van der Waals surface area contributed by atoms with Gasteiger partial charge in [0.1, 0.15) is 17.3 Å². The summed E-state index contributed by atoms with van der Waals surface area (Å²) in [6.07, 6.45) is 5.67. The van der Waals surface area contributed by atoms with Crippen LogP contribution in [0.1, 0.15) is 107 Å². The average molecular weight is 793 g/mol. The van der Waals surface area contributed by atoms with Crippen molar-refractivity contribution in [2.75, 3.05) is 43.4 Å². The van der Waals surface area contributed by atoms with Crippen LogP contribution in [-0.2, 0) is 14.9 Å². The summed E-state index contributed by atoms with van der Waals surface area (Å²) in [7, 11) is 1.62. The van der Waals surface area contributed by atoms with Gasteiger partial charge < -0.3 is 29.7 Å². The van der Waals surface area contributed by atoms with Crippen LogP contribution < -0.4 is 15.5 Å². The van der Waals surface area contributed by atoms with E-state index in [2.05, 4.69) is 52.1 Å². The first-order valence-electron chi connectivity index (χ1n) is 21.0. The zero-order chi connectivity index (χ0) is 41.1. The Morgan fingerprint density at radius 2 is 1.81 bits per heavy atom. The molecule has 2 saturated heterocycles. The summed E-state index contributed by atoms with van der Waals surface area (Å²) in [6.45, 7) is 14.0. The second-order valence-corrected chi connectivity index (χ2v) is 17.8. The molecule has 2 aromatic heterocycles. The van der Waals surface area contributed by atoms with Gasteiger partial charge in [0, 0.05) is 67.3 Å². The van der Waals surface area contributed by atoms with E-state index in [-0.39, 0.29) is 36.0 Å². The van der Waals surface area contributed by atoms with E-state index in [4.69, 9.17) is 14.7 Å². The van der Waals surface area contributed by atoms with Gasteiger partial charge in [0.2, 0.25) is 5.91 Å². The largest absolute Gasteiger partial charge is 0.444 e. The number of imidazole rings is 1. The Hall–Kier alpha value is -5.04. The normalized spacial score (nSPS) is 22.5. The predicted octanol–water partition coefficient (Wildman–Crippen LogP) is 8.06. The molecule has 308 valence electrons. The lowest BCUT2D eigenvalue weighted by Gasteiger charge is -2.48. The molecule has 3 amide bonds. The number of alkyl halides is 1. The van der Waals surface area contributed by atoms with Gasteiger partial charge >= 0.3 is 6.09 Å². The van der Waals surface area contributed by atoms with E-state index in [1.807, 2.05) is 63.2 Å². The number of carbonyl (C=O) groups is 3. The van der Waals surface area contributed by atoms with Crippen molar-refractivity contribution in [3.63, 3.8) is 0 Å². The zero-order valence-electron chi connectivity index (χ0n) is 34.9. The molecule has 0 unspecified atom stereocenters. The number of piperidine rings is 2. The van der Waals surface area contributed by atoms with Crippen molar-refractivity contribution in [3.05, 3.63) is 65.5 Å². The number of anilines is 3. The monoisotopic (exact) mass is 792 g/mol. The number of nitrogens with zero attached hydrogens (tertiary/aromatic N) is 6. The number of amides is 3. The van der Waals surface area contributed by atoms with Gasteiger partial charge in [-0.1, -0.05) is 25.1 Å². The third-order valence-electron chi connectivity index (χ3n) is 12.9. The van der Waals surface area contributed by atoms with E-state index in [1.54, 1.807) is 11.9 Å². The SMILES string of the molecule is CC[C@H](C)n1cnc2cc(-c3ccc4c(c3)N(C3CC(N5CCC[C@@H](F)C5)C3)C(=O)C43CCN(C(=O)OC(C)(C)C)CC3)nc(Nc3ccc(C)c(C(=O)NC)c3)c21. The molecule has 58 heavy (non-hydrogen) atoms. The summed E-state index contributed by atoms with van der Waals surface area (Å²) in [5.74, 6) is 0.535. The number of halogens is 1. The Morgan fingerprint density at radius 1 is 1.05 bits per heavy atom. The molecule has 1 saturated carbocycles. The van der Waals surface area contributed by atoms with Gasteiger partial charge in [-0.3, -0.25) is 14.5 Å². The quantitative estimate of drug-likeness (QED) is 0.184. The van der Waals surface area contributed by atoms with Crippen LogP contribution in [-0.4, -0.2) is 99.3 Å². The molecular formula is C45H57FN8O4. The van der Waals surface area contributed by atoms with Crippen LogP contribution in [0, 0.1) is 6.92 Å². The van der Waals surface area contributed by atoms with Gasteiger partial charge in [0.15, 0.2) is 5.82 Å². The first-order chi connectivity index (χ1) is 27.7. The van der Waals surface area contributed by atoms with Crippen molar-refractivity contribution in [1.82, 2.24) is 29.7 Å². The Labute approximate surface area is 340 Å². The molecule has 2 atom stereocenters. The summed E-state index contributed by atoms with van der Waals surface area (Å²) in [5.41, 5.74) is 5.86. The van der Waals surface area contributed by atoms with Crippen molar-refractivity contribution in [3.8, 4) is 11.3 Å². The third kappa shape index (κ3) is 7.20. The van der Waals surface area contributed by atoms with Crippen molar-refractivity contribution in [2.24, 2.45) is 0 Å². The van der Waals surface area contributed by atoms with Crippen molar-refractivity contribution in [1.29, 1.82) is 0 Å². The Bertz CT molecular complexity index is 2230. The fourth-order valence-electron chi connectivity index (χ4n) is 9.39. The molecule has 1 aliphatic carbocycles. The van der Waals surface area contributed by atoms with Crippen LogP contribution in [0.25, 0.3) is 22.3 Å². The molecular weight excluding hydrogens is 736 g/mol. The minimum absolute atomic E-state index is 0.00954. The number of carbonyl (C=O) groups excluding carboxylic acids is 3. The van der Waals surface area contributed by atoms with Gasteiger partial charge in [-0.05, 0) is 122 Å². The van der Waals surface area contributed by atoms with Crippen LogP contribution in [0.2, 0.25) is 0 Å². The first-order valence-corrected chi connectivity index (χ1v) is 21.0. The lowest BCUT2D eigenvalue weighted by atomic mass is 9.73. The second-order valence-electron chi connectivity index (χ2n) is 17.8. The highest BCUT2D eigenvalue weighted by molar-refractivity contribution is 6.09. The third-order valence-corrected chi connectivity index (χ3v) is 12.9. The summed E-state index contributed by atoms with van der Waals surface area (Å²) < 4.78 is 22.3. The van der Waals surface area contributed by atoms with Gasteiger partial charge in [-0.2, -0.15) is 0 Å². The standard InChI is InChI=1S/C45H57FN8O4/c1-8-28(3)53-26-48-37-24-36(50-40(39(37)53)49-31-13-11-27(2)34(21-31)41(55)47-7)29-12-14-35-38(20-29)54(33-22-32(23-33)52-17-9-10-30(46)25-52)42(56)45(35)15-18-51(19-16-45)43(57)58-44(4,5)6/h11-14,20-21,24,26,28,30,32-33H,8-10,15-19,22-23,25H2,1-7H3,(H,47,55)(H,49,50)/t28-,30+,32?,33?/m0/s1. The Balaban J connectivity index is 1.17. The number of likely N-dealkylation sites (tertiary alicyclic amines) is 2. The number of fused-ring (bicyclic) bond motifs is 3. The van der Waals surface area contributed by atoms with Crippen LogP contribution >= 0.6 is 0 Å². The molecule has 1 spiro atoms. The molecule has 2 N–H and O–H groups in total. The van der Waals surface area contributed by atoms with Crippen LogP contribution in [0.5, 0.6) is 0 Å². The number of rotatable bonds is 8. The van der Waals surface area contributed by atoms with Gasteiger partial charge in [-0.25, -0.2) is 19.2 Å².